The lowest BCUT2D eigenvalue weighted by molar-refractivity contribution is 0.251. The van der Waals surface area contributed by atoms with Crippen LogP contribution in [0, 0.1) is 0 Å². The number of anilines is 1. The van der Waals surface area contributed by atoms with Gasteiger partial charge in [0.2, 0.25) is 10.0 Å². The topological polar surface area (TPSA) is 78.5 Å². The molecule has 0 aliphatic heterocycles. The third kappa shape index (κ3) is 6.94. The average Bonchev–Trinajstić information content (AvgIpc) is 2.58. The Hall–Kier alpha value is -2.38. The fourth-order valence-electron chi connectivity index (χ4n) is 2.33. The number of sulfonamides is 1. The van der Waals surface area contributed by atoms with Crippen molar-refractivity contribution in [3.63, 3.8) is 0 Å². The highest BCUT2D eigenvalue weighted by molar-refractivity contribution is 7.88. The maximum atomic E-state index is 11.9. The number of hydrogen-bond donors (Lipinski definition) is 2. The fraction of sp³-hybridized carbons (Fsp3) is 0.278. The number of amides is 2. The van der Waals surface area contributed by atoms with Crippen LogP contribution in [0.2, 0.25) is 0 Å². The monoisotopic (exact) mass is 361 g/mol. The molecule has 0 atom stereocenters. The molecule has 7 heteroatoms. The van der Waals surface area contributed by atoms with Crippen LogP contribution in [-0.4, -0.2) is 44.6 Å². The maximum absolute atomic E-state index is 11.9. The van der Waals surface area contributed by atoms with E-state index in [4.69, 9.17) is 0 Å². The van der Waals surface area contributed by atoms with Crippen molar-refractivity contribution in [1.82, 2.24) is 9.62 Å². The molecular formula is C18H23N3O3S. The zero-order chi connectivity index (χ0) is 18.1. The van der Waals surface area contributed by atoms with E-state index < -0.39 is 10.0 Å². The first-order chi connectivity index (χ1) is 11.9. The molecule has 0 bridgehead atoms. The molecule has 2 rings (SSSR count). The van der Waals surface area contributed by atoms with Crippen molar-refractivity contribution >= 4 is 21.7 Å². The van der Waals surface area contributed by atoms with Gasteiger partial charge in [0.1, 0.15) is 0 Å². The zero-order valence-electron chi connectivity index (χ0n) is 14.2. The van der Waals surface area contributed by atoms with Crippen molar-refractivity contribution < 1.29 is 13.2 Å². The van der Waals surface area contributed by atoms with Gasteiger partial charge >= 0.3 is 6.03 Å². The van der Waals surface area contributed by atoms with Crippen LogP contribution in [0.1, 0.15) is 5.56 Å². The molecule has 0 saturated carbocycles. The van der Waals surface area contributed by atoms with Crippen molar-refractivity contribution in [2.45, 2.75) is 6.42 Å². The van der Waals surface area contributed by atoms with Crippen molar-refractivity contribution in [3.8, 4) is 0 Å². The normalized spacial score (nSPS) is 11.3. The summed E-state index contributed by atoms with van der Waals surface area (Å²) in [5.41, 5.74) is 1.76. The van der Waals surface area contributed by atoms with Gasteiger partial charge in [-0.1, -0.05) is 48.5 Å². The molecule has 25 heavy (non-hydrogen) atoms. The van der Waals surface area contributed by atoms with Gasteiger partial charge in [0.05, 0.1) is 6.26 Å². The molecular weight excluding hydrogens is 338 g/mol. The largest absolute Gasteiger partial charge is 0.337 e. The lowest BCUT2D eigenvalue weighted by Gasteiger charge is -2.20. The van der Waals surface area contributed by atoms with Crippen molar-refractivity contribution in [2.24, 2.45) is 0 Å². The van der Waals surface area contributed by atoms with E-state index in [2.05, 4.69) is 10.6 Å². The molecule has 0 aromatic heterocycles. The van der Waals surface area contributed by atoms with E-state index in [1.54, 1.807) is 12.1 Å². The predicted molar refractivity (Wildman–Crippen MR) is 100 cm³/mol. The van der Waals surface area contributed by atoms with E-state index in [0.717, 1.165) is 5.56 Å². The minimum atomic E-state index is -3.33. The van der Waals surface area contributed by atoms with Gasteiger partial charge in [0, 0.05) is 25.3 Å². The first-order valence-electron chi connectivity index (χ1n) is 8.04. The number of para-hydroxylation sites is 1. The molecule has 0 aliphatic rings. The Morgan fingerprint density at radius 2 is 1.56 bits per heavy atom. The SMILES string of the molecule is CS(=O)(=O)N(CCNC(=O)Nc1ccccc1)CCc1ccccc1. The number of benzene rings is 2. The summed E-state index contributed by atoms with van der Waals surface area (Å²) in [5.74, 6) is 0. The Bertz CT molecular complexity index is 765. The van der Waals surface area contributed by atoms with Crippen LogP contribution in [0.5, 0.6) is 0 Å². The summed E-state index contributed by atoms with van der Waals surface area (Å²) in [6, 6.07) is 18.4. The summed E-state index contributed by atoms with van der Waals surface area (Å²) in [5, 5.41) is 5.37. The Morgan fingerprint density at radius 1 is 0.960 bits per heavy atom. The van der Waals surface area contributed by atoms with E-state index >= 15 is 0 Å². The van der Waals surface area contributed by atoms with Crippen LogP contribution in [0.25, 0.3) is 0 Å². The Morgan fingerprint density at radius 3 is 2.16 bits per heavy atom. The Labute approximate surface area is 148 Å². The second-order valence-corrected chi connectivity index (χ2v) is 7.63. The summed E-state index contributed by atoms with van der Waals surface area (Å²) >= 11 is 0. The van der Waals surface area contributed by atoms with Crippen molar-refractivity contribution in [3.05, 3.63) is 66.2 Å². The van der Waals surface area contributed by atoms with Crippen molar-refractivity contribution in [2.75, 3.05) is 31.2 Å². The number of carbonyl (C=O) groups is 1. The van der Waals surface area contributed by atoms with Gasteiger partial charge in [-0.3, -0.25) is 0 Å². The highest BCUT2D eigenvalue weighted by Crippen LogP contribution is 2.05. The summed E-state index contributed by atoms with van der Waals surface area (Å²) < 4.78 is 25.2. The van der Waals surface area contributed by atoms with Gasteiger partial charge in [-0.2, -0.15) is 0 Å². The van der Waals surface area contributed by atoms with Gasteiger partial charge in [-0.15, -0.1) is 0 Å². The lowest BCUT2D eigenvalue weighted by Crippen LogP contribution is -2.40. The van der Waals surface area contributed by atoms with Crippen LogP contribution in [0.3, 0.4) is 0 Å². The summed E-state index contributed by atoms with van der Waals surface area (Å²) in [7, 11) is -3.33. The molecule has 2 aromatic rings. The molecule has 6 nitrogen and oxygen atoms in total. The highest BCUT2D eigenvalue weighted by atomic mass is 32.2. The van der Waals surface area contributed by atoms with Crippen LogP contribution in [0.4, 0.5) is 10.5 Å². The standard InChI is InChI=1S/C18H23N3O3S/c1-25(23,24)21(14-12-16-8-4-2-5-9-16)15-13-19-18(22)20-17-10-6-3-7-11-17/h2-11H,12-15H2,1H3,(H2,19,20,22). The summed E-state index contributed by atoms with van der Waals surface area (Å²) in [6.07, 6.45) is 1.81. The molecule has 0 saturated heterocycles. The number of hydrogen-bond acceptors (Lipinski definition) is 3. The molecule has 0 fully saturated rings. The number of rotatable bonds is 8. The molecule has 134 valence electrons. The summed E-state index contributed by atoms with van der Waals surface area (Å²) in [4.78, 5) is 11.8. The first-order valence-corrected chi connectivity index (χ1v) is 9.89. The number of urea groups is 1. The van der Waals surface area contributed by atoms with Gasteiger partial charge < -0.3 is 10.6 Å². The number of carbonyl (C=O) groups excluding carboxylic acids is 1. The molecule has 0 spiro atoms. The third-order valence-corrected chi connectivity index (χ3v) is 4.94. The second-order valence-electron chi connectivity index (χ2n) is 5.64. The average molecular weight is 361 g/mol. The number of nitrogens with one attached hydrogen (secondary N) is 2. The molecule has 0 heterocycles. The molecule has 2 amide bonds. The molecule has 0 unspecified atom stereocenters. The van der Waals surface area contributed by atoms with Crippen LogP contribution >= 0.6 is 0 Å². The molecule has 0 radical (unpaired) electrons. The smallest absolute Gasteiger partial charge is 0.319 e. The third-order valence-electron chi connectivity index (χ3n) is 3.64. The zero-order valence-corrected chi connectivity index (χ0v) is 15.0. The number of nitrogens with zero attached hydrogens (tertiary/aromatic N) is 1. The minimum Gasteiger partial charge on any atom is -0.337 e. The first kappa shape index (κ1) is 19.0. The summed E-state index contributed by atoms with van der Waals surface area (Å²) in [6.45, 7) is 0.846. The van der Waals surface area contributed by atoms with Gasteiger partial charge in [0.25, 0.3) is 0 Å². The highest BCUT2D eigenvalue weighted by Gasteiger charge is 2.16. The van der Waals surface area contributed by atoms with Gasteiger partial charge in [0.15, 0.2) is 0 Å². The van der Waals surface area contributed by atoms with Gasteiger partial charge in [-0.25, -0.2) is 17.5 Å². The van der Waals surface area contributed by atoms with Crippen molar-refractivity contribution in [1.29, 1.82) is 0 Å². The van der Waals surface area contributed by atoms with E-state index in [9.17, 15) is 13.2 Å². The van der Waals surface area contributed by atoms with E-state index in [0.29, 0.717) is 18.7 Å². The van der Waals surface area contributed by atoms with E-state index in [-0.39, 0.29) is 19.1 Å². The predicted octanol–water partition coefficient (Wildman–Crippen LogP) is 2.31. The van der Waals surface area contributed by atoms with E-state index in [1.807, 2.05) is 48.5 Å². The fourth-order valence-corrected chi connectivity index (χ4v) is 3.18. The van der Waals surface area contributed by atoms with E-state index in [1.165, 1.54) is 10.6 Å². The quantitative estimate of drug-likeness (QED) is 0.757. The van der Waals surface area contributed by atoms with Crippen LogP contribution in [0.15, 0.2) is 60.7 Å². The molecule has 0 aliphatic carbocycles. The Balaban J connectivity index is 1.80. The molecule has 2 N–H and O–H groups in total. The van der Waals surface area contributed by atoms with Crippen LogP contribution in [-0.2, 0) is 16.4 Å². The molecule has 2 aromatic carbocycles. The van der Waals surface area contributed by atoms with Gasteiger partial charge in [-0.05, 0) is 24.1 Å². The Kier molecular flexibility index (Phi) is 6.97. The minimum absolute atomic E-state index is 0.230. The second kappa shape index (κ2) is 9.19. The maximum Gasteiger partial charge on any atom is 0.319 e. The van der Waals surface area contributed by atoms with Crippen LogP contribution < -0.4 is 10.6 Å². The lowest BCUT2D eigenvalue weighted by atomic mass is 10.1.